The molecule has 19 heavy (non-hydrogen) atoms. The fraction of sp³-hybridized carbons (Fsp3) is 0.833. The van der Waals surface area contributed by atoms with Gasteiger partial charge in [-0.3, -0.25) is 0 Å². The molecule has 0 fully saturated rings. The second kappa shape index (κ2) is 7.55. The van der Waals surface area contributed by atoms with E-state index in [-0.39, 0.29) is 0 Å². The molecule has 0 aromatic carbocycles. The lowest BCUT2D eigenvalue weighted by Crippen LogP contribution is -2.61. The molecule has 0 atom stereocenters. The molecule has 114 valence electrons. The van der Waals surface area contributed by atoms with Crippen molar-refractivity contribution in [1.29, 1.82) is 0 Å². The molecule has 0 aliphatic heterocycles. The first kappa shape index (κ1) is 23.8. The Morgan fingerprint density at radius 2 is 0.947 bits per heavy atom. The molecular formula is C6HBr11O2. The largest absolute Gasteiger partial charge is 0.480 e. The van der Waals surface area contributed by atoms with Crippen LogP contribution in [0.4, 0.5) is 0 Å². The van der Waals surface area contributed by atoms with Crippen LogP contribution < -0.4 is 0 Å². The van der Waals surface area contributed by atoms with E-state index in [4.69, 9.17) is 0 Å². The zero-order valence-corrected chi connectivity index (χ0v) is 25.5. The number of aliphatic carboxylic acids is 1. The highest BCUT2D eigenvalue weighted by atomic mass is 80.0. The van der Waals surface area contributed by atoms with Gasteiger partial charge >= 0.3 is 5.97 Å². The van der Waals surface area contributed by atoms with Crippen LogP contribution in [0.2, 0.25) is 0 Å². The van der Waals surface area contributed by atoms with E-state index >= 15 is 0 Å². The van der Waals surface area contributed by atoms with E-state index in [1.54, 1.807) is 0 Å². The number of rotatable bonds is 4. The summed E-state index contributed by atoms with van der Waals surface area (Å²) in [5.41, 5.74) is 0. The first-order valence-corrected chi connectivity index (χ1v) is 12.5. The summed E-state index contributed by atoms with van der Waals surface area (Å²) in [6.07, 6.45) is 0. The van der Waals surface area contributed by atoms with Crippen molar-refractivity contribution < 1.29 is 9.90 Å². The van der Waals surface area contributed by atoms with Crippen LogP contribution in [0.25, 0.3) is 0 Å². The molecule has 0 saturated heterocycles. The summed E-state index contributed by atoms with van der Waals surface area (Å²) in [4.78, 5) is 11.4. The number of carbonyl (C=O) groups is 1. The Hall–Kier alpha value is 4.75. The lowest BCUT2D eigenvalue weighted by molar-refractivity contribution is -0.137. The maximum absolute atomic E-state index is 11.4. The lowest BCUT2D eigenvalue weighted by atomic mass is 10.2. The molecule has 0 amide bonds. The van der Waals surface area contributed by atoms with Gasteiger partial charge in [0.2, 0.25) is 3.23 Å². The van der Waals surface area contributed by atoms with Gasteiger partial charge < -0.3 is 5.11 Å². The van der Waals surface area contributed by atoms with Gasteiger partial charge in [-0.2, -0.15) is 0 Å². The van der Waals surface area contributed by atoms with Crippen LogP contribution in [-0.2, 0) is 4.79 Å². The van der Waals surface area contributed by atoms with Crippen LogP contribution in [0.15, 0.2) is 0 Å². The molecule has 0 radical (unpaired) electrons. The van der Waals surface area contributed by atoms with Gasteiger partial charge in [0.15, 0.2) is 2.14 Å². The summed E-state index contributed by atoms with van der Waals surface area (Å²) < 4.78 is -5.63. The zero-order valence-electron chi connectivity index (χ0n) is 8.01. The fourth-order valence-electron chi connectivity index (χ4n) is 0.707. The number of alkyl halides is 11. The van der Waals surface area contributed by atoms with E-state index in [9.17, 15) is 9.90 Å². The van der Waals surface area contributed by atoms with E-state index in [0.29, 0.717) is 0 Å². The van der Waals surface area contributed by atoms with Crippen molar-refractivity contribution in [3.63, 3.8) is 0 Å². The minimum atomic E-state index is -1.54. The third kappa shape index (κ3) is 4.48. The molecule has 0 aromatic heterocycles. The zero-order chi connectivity index (χ0) is 16.1. The molecule has 0 rings (SSSR count). The highest BCUT2D eigenvalue weighted by Gasteiger charge is 2.71. The van der Waals surface area contributed by atoms with Gasteiger partial charge in [0.25, 0.3) is 0 Å². The number of halogens is 11. The monoisotopic (exact) mass is 973 g/mol. The van der Waals surface area contributed by atoms with Gasteiger partial charge in [-0.05, 0) is 0 Å². The second-order valence-corrected chi connectivity index (χ2v) is 23.6. The highest BCUT2D eigenvalue weighted by molar-refractivity contribution is 9.42. The topological polar surface area (TPSA) is 37.3 Å². The van der Waals surface area contributed by atoms with Gasteiger partial charge in [-0.1, -0.05) is 175 Å². The number of hydrogen-bond acceptors (Lipinski definition) is 1. The van der Waals surface area contributed by atoms with Gasteiger partial charge in [0.1, 0.15) is 9.70 Å². The predicted octanol–water partition coefficient (Wildman–Crippen LogP) is 7.85. The van der Waals surface area contributed by atoms with Crippen LogP contribution in [0.1, 0.15) is 0 Å². The molecule has 0 unspecified atom stereocenters. The molecule has 0 spiro atoms. The van der Waals surface area contributed by atoms with Gasteiger partial charge in [-0.25, -0.2) is 4.79 Å². The SMILES string of the molecule is O=C(O)C(Br)(Br)C(Br)(Br)C(Br)(Br)C(Br)(Br)C(Br)(Br)Br. The summed E-state index contributed by atoms with van der Waals surface area (Å²) >= 11 is 37.2. The minimum absolute atomic E-state index is 0.825. The number of carboxylic acid groups (broad SMARTS) is 1. The molecular weight excluding hydrogens is 983 g/mol. The molecule has 2 nitrogen and oxygen atoms in total. The normalized spacial score (nSPS) is 15.5. The molecule has 0 bridgehead atoms. The second-order valence-electron chi connectivity index (χ2n) is 3.10. The number of carboxylic acids is 1. The molecule has 0 aliphatic rings. The van der Waals surface area contributed by atoms with Crippen molar-refractivity contribution in [2.24, 2.45) is 0 Å². The van der Waals surface area contributed by atoms with Gasteiger partial charge in [0, 0.05) is 0 Å². The summed E-state index contributed by atoms with van der Waals surface area (Å²) in [7, 11) is 0. The van der Waals surface area contributed by atoms with Crippen molar-refractivity contribution in [2.75, 3.05) is 0 Å². The Morgan fingerprint density at radius 3 is 1.16 bits per heavy atom. The van der Waals surface area contributed by atoms with Crippen molar-refractivity contribution >= 4 is 181 Å². The van der Waals surface area contributed by atoms with Crippen molar-refractivity contribution in [1.82, 2.24) is 0 Å². The Kier molecular flexibility index (Phi) is 9.44. The Balaban J connectivity index is 5.99. The highest BCUT2D eigenvalue weighted by Crippen LogP contribution is 2.71. The van der Waals surface area contributed by atoms with E-state index in [2.05, 4.69) is 175 Å². The Morgan fingerprint density at radius 1 is 0.632 bits per heavy atom. The predicted molar refractivity (Wildman–Crippen MR) is 119 cm³/mol. The Labute approximate surface area is 202 Å². The standard InChI is InChI=1S/C6HBr11O2/c7-2(8,1(18)19)3(9,10)4(11,12)5(13,14)6(15,16)17/h(H,18,19). The number of hydrogen-bond donors (Lipinski definition) is 1. The van der Waals surface area contributed by atoms with E-state index < -0.39 is 21.0 Å². The van der Waals surface area contributed by atoms with Crippen LogP contribution in [0, 0.1) is 0 Å². The van der Waals surface area contributed by atoms with Crippen LogP contribution in [0.5, 0.6) is 0 Å². The summed E-state index contributed by atoms with van der Waals surface area (Å²) in [6, 6.07) is 0. The average Bonchev–Trinajstić information content (AvgIpc) is 2.14. The molecule has 0 aliphatic carbocycles. The first-order valence-electron chi connectivity index (χ1n) is 3.76. The summed E-state index contributed by atoms with van der Waals surface area (Å²) in [5.74, 6) is -1.13. The van der Waals surface area contributed by atoms with Crippen molar-refractivity contribution in [2.45, 2.75) is 15.1 Å². The fourth-order valence-corrected chi connectivity index (χ4v) is 8.64. The third-order valence-corrected chi connectivity index (χ3v) is 22.2. The van der Waals surface area contributed by atoms with Crippen LogP contribution in [-0.4, -0.2) is 26.2 Å². The first-order chi connectivity index (χ1) is 7.94. The molecule has 13 heteroatoms. The van der Waals surface area contributed by atoms with Gasteiger partial charge in [0.05, 0.1) is 0 Å². The average molecular weight is 984 g/mol. The van der Waals surface area contributed by atoms with Crippen LogP contribution >= 0.6 is 175 Å². The molecule has 0 saturated carbocycles. The quantitative estimate of drug-likeness (QED) is 0.292. The van der Waals surface area contributed by atoms with Crippen LogP contribution in [0.3, 0.4) is 0 Å². The minimum Gasteiger partial charge on any atom is -0.480 e. The molecule has 0 heterocycles. The lowest BCUT2D eigenvalue weighted by Gasteiger charge is -2.49. The summed E-state index contributed by atoms with van der Waals surface area (Å²) in [6.45, 7) is 0. The molecule has 0 aromatic rings. The van der Waals surface area contributed by atoms with E-state index in [0.717, 1.165) is 0 Å². The van der Waals surface area contributed by atoms with Crippen molar-refractivity contribution in [3.05, 3.63) is 0 Å². The van der Waals surface area contributed by atoms with E-state index in [1.807, 2.05) is 0 Å². The van der Waals surface area contributed by atoms with Gasteiger partial charge in [-0.15, -0.1) is 0 Å². The Bertz CT molecular complexity index is 368. The summed E-state index contributed by atoms with van der Waals surface area (Å²) in [5, 5.41) is 9.35. The molecule has 1 N–H and O–H groups in total. The maximum Gasteiger partial charge on any atom is 0.333 e. The maximum atomic E-state index is 11.4. The van der Waals surface area contributed by atoms with Crippen molar-refractivity contribution in [3.8, 4) is 0 Å². The smallest absolute Gasteiger partial charge is 0.333 e. The third-order valence-electron chi connectivity index (χ3n) is 1.81. The van der Waals surface area contributed by atoms with E-state index in [1.165, 1.54) is 0 Å².